The second-order valence-electron chi connectivity index (χ2n) is 7.08. The highest BCUT2D eigenvalue weighted by Crippen LogP contribution is 2.28. The predicted molar refractivity (Wildman–Crippen MR) is 109 cm³/mol. The summed E-state index contributed by atoms with van der Waals surface area (Å²) in [7, 11) is 1.61. The number of rotatable bonds is 4. The molecule has 2 aliphatic heterocycles. The molecule has 2 amide bonds. The van der Waals surface area contributed by atoms with Gasteiger partial charge >= 0.3 is 0 Å². The molecule has 0 saturated carbocycles. The molecule has 2 fully saturated rings. The van der Waals surface area contributed by atoms with Gasteiger partial charge in [-0.1, -0.05) is 0 Å². The zero-order valence-electron chi connectivity index (χ0n) is 15.9. The van der Waals surface area contributed by atoms with E-state index in [4.69, 9.17) is 4.74 Å². The molecule has 0 spiro atoms. The van der Waals surface area contributed by atoms with Crippen LogP contribution in [-0.2, 0) is 9.59 Å². The first-order chi connectivity index (χ1) is 13.7. The first kappa shape index (κ1) is 18.7. The summed E-state index contributed by atoms with van der Waals surface area (Å²) in [6, 6.07) is 7.39. The van der Waals surface area contributed by atoms with Gasteiger partial charge in [-0.05, 0) is 30.7 Å². The first-order valence-electron chi connectivity index (χ1n) is 9.53. The largest absolute Gasteiger partial charge is 0.497 e. The van der Waals surface area contributed by atoms with Gasteiger partial charge in [0.25, 0.3) is 0 Å². The highest BCUT2D eigenvalue weighted by atomic mass is 32.1. The minimum atomic E-state index is -0.277. The molecule has 8 heteroatoms. The lowest BCUT2D eigenvalue weighted by molar-refractivity contribution is -0.135. The summed E-state index contributed by atoms with van der Waals surface area (Å²) in [5, 5.41) is 2.98. The number of anilines is 2. The number of carbonyl (C=O) groups excluding carboxylic acids is 2. The van der Waals surface area contributed by atoms with E-state index in [0.717, 1.165) is 42.6 Å². The SMILES string of the molecule is COc1ccc(N2CC(C(=O)N3CCCN(c4nccs4)CC3)CC2=O)cc1. The van der Waals surface area contributed by atoms with Crippen LogP contribution in [0.5, 0.6) is 5.75 Å². The first-order valence-corrected chi connectivity index (χ1v) is 10.4. The Morgan fingerprint density at radius 1 is 1.18 bits per heavy atom. The van der Waals surface area contributed by atoms with Crippen LogP contribution in [0.4, 0.5) is 10.8 Å². The number of hydrogen-bond acceptors (Lipinski definition) is 6. The van der Waals surface area contributed by atoms with E-state index in [1.165, 1.54) is 0 Å². The van der Waals surface area contributed by atoms with Crippen molar-refractivity contribution in [2.45, 2.75) is 12.8 Å². The Labute approximate surface area is 168 Å². The Bertz CT molecular complexity index is 824. The molecule has 4 rings (SSSR count). The third-order valence-corrected chi connectivity index (χ3v) is 6.19. The second-order valence-corrected chi connectivity index (χ2v) is 7.96. The molecular formula is C20H24N4O3S. The summed E-state index contributed by atoms with van der Waals surface area (Å²) in [5.41, 5.74) is 0.812. The standard InChI is InChI=1S/C20H24N4O3S/c1-27-17-5-3-16(4-6-17)24-14-15(13-18(24)25)19(26)22-8-2-9-23(11-10-22)20-21-7-12-28-20/h3-7,12,15H,2,8-11,13-14H2,1H3. The van der Waals surface area contributed by atoms with Crippen molar-refractivity contribution in [2.75, 3.05) is 49.6 Å². The summed E-state index contributed by atoms with van der Waals surface area (Å²) in [6.45, 7) is 3.53. The summed E-state index contributed by atoms with van der Waals surface area (Å²) in [4.78, 5) is 35.8. The van der Waals surface area contributed by atoms with Crippen LogP contribution in [0.25, 0.3) is 0 Å². The molecular weight excluding hydrogens is 376 g/mol. The molecule has 1 atom stereocenters. The van der Waals surface area contributed by atoms with Gasteiger partial charge in [0.05, 0.1) is 13.0 Å². The molecule has 2 aliphatic rings. The summed E-state index contributed by atoms with van der Waals surface area (Å²) in [6.07, 6.45) is 3.00. The zero-order valence-corrected chi connectivity index (χ0v) is 16.7. The Balaban J connectivity index is 1.39. The van der Waals surface area contributed by atoms with Crippen molar-refractivity contribution >= 4 is 34.0 Å². The van der Waals surface area contributed by atoms with Crippen molar-refractivity contribution in [3.63, 3.8) is 0 Å². The third kappa shape index (κ3) is 3.82. The number of hydrogen-bond donors (Lipinski definition) is 0. The molecule has 0 bridgehead atoms. The molecule has 28 heavy (non-hydrogen) atoms. The highest BCUT2D eigenvalue weighted by molar-refractivity contribution is 7.13. The lowest BCUT2D eigenvalue weighted by atomic mass is 10.1. The van der Waals surface area contributed by atoms with Gasteiger partial charge in [0, 0.05) is 56.4 Å². The van der Waals surface area contributed by atoms with Crippen LogP contribution in [0.2, 0.25) is 0 Å². The molecule has 1 aromatic heterocycles. The summed E-state index contributed by atoms with van der Waals surface area (Å²) < 4.78 is 5.17. The Morgan fingerprint density at radius 2 is 2.00 bits per heavy atom. The van der Waals surface area contributed by atoms with Crippen LogP contribution < -0.4 is 14.5 Å². The summed E-state index contributed by atoms with van der Waals surface area (Å²) in [5.74, 6) is 0.562. The smallest absolute Gasteiger partial charge is 0.228 e. The maximum atomic E-state index is 13.1. The van der Waals surface area contributed by atoms with E-state index in [9.17, 15) is 9.59 Å². The normalized spacial score (nSPS) is 20.4. The minimum Gasteiger partial charge on any atom is -0.497 e. The van der Waals surface area contributed by atoms with Crippen molar-refractivity contribution in [3.05, 3.63) is 35.8 Å². The van der Waals surface area contributed by atoms with Crippen LogP contribution in [0, 0.1) is 5.92 Å². The maximum Gasteiger partial charge on any atom is 0.228 e. The number of ether oxygens (including phenoxy) is 1. The van der Waals surface area contributed by atoms with Gasteiger partial charge in [0.1, 0.15) is 5.75 Å². The van der Waals surface area contributed by atoms with Crippen molar-refractivity contribution < 1.29 is 14.3 Å². The van der Waals surface area contributed by atoms with Crippen LogP contribution in [0.15, 0.2) is 35.8 Å². The number of nitrogens with zero attached hydrogens (tertiary/aromatic N) is 4. The Hall–Kier alpha value is -2.61. The molecule has 7 nitrogen and oxygen atoms in total. The fourth-order valence-corrected chi connectivity index (χ4v) is 4.54. The zero-order chi connectivity index (χ0) is 19.5. The maximum absolute atomic E-state index is 13.1. The van der Waals surface area contributed by atoms with Crippen molar-refractivity contribution in [1.29, 1.82) is 0 Å². The van der Waals surface area contributed by atoms with Crippen LogP contribution in [-0.4, -0.2) is 61.5 Å². The van der Waals surface area contributed by atoms with E-state index in [1.54, 1.807) is 23.3 Å². The number of methoxy groups -OCH3 is 1. The fourth-order valence-electron chi connectivity index (χ4n) is 3.84. The lowest BCUT2D eigenvalue weighted by Gasteiger charge is -2.24. The van der Waals surface area contributed by atoms with Crippen LogP contribution in [0.1, 0.15) is 12.8 Å². The molecule has 0 aliphatic carbocycles. The lowest BCUT2D eigenvalue weighted by Crippen LogP contribution is -2.40. The fraction of sp³-hybridized carbons (Fsp3) is 0.450. The number of thiazole rings is 1. The average Bonchev–Trinajstić information content (AvgIpc) is 3.32. The molecule has 1 unspecified atom stereocenters. The van der Waals surface area contributed by atoms with Crippen LogP contribution >= 0.6 is 11.3 Å². The number of aromatic nitrogens is 1. The number of amides is 2. The van der Waals surface area contributed by atoms with Crippen molar-refractivity contribution in [2.24, 2.45) is 5.92 Å². The van der Waals surface area contributed by atoms with Gasteiger partial charge in [0.15, 0.2) is 5.13 Å². The Morgan fingerprint density at radius 3 is 2.71 bits per heavy atom. The molecule has 1 aromatic carbocycles. The molecule has 0 radical (unpaired) electrons. The second kappa shape index (κ2) is 8.18. The predicted octanol–water partition coefficient (Wildman–Crippen LogP) is 2.24. The highest BCUT2D eigenvalue weighted by Gasteiger charge is 2.37. The van der Waals surface area contributed by atoms with E-state index in [1.807, 2.05) is 40.7 Å². The van der Waals surface area contributed by atoms with Gasteiger partial charge in [-0.3, -0.25) is 9.59 Å². The molecule has 3 heterocycles. The number of benzene rings is 1. The summed E-state index contributed by atoms with van der Waals surface area (Å²) >= 11 is 1.63. The molecule has 148 valence electrons. The van der Waals surface area contributed by atoms with Gasteiger partial charge in [0.2, 0.25) is 11.8 Å². The topological polar surface area (TPSA) is 66.0 Å². The van der Waals surface area contributed by atoms with Crippen molar-refractivity contribution in [3.8, 4) is 5.75 Å². The van der Waals surface area contributed by atoms with Gasteiger partial charge in [-0.2, -0.15) is 0 Å². The van der Waals surface area contributed by atoms with E-state index in [-0.39, 0.29) is 24.2 Å². The molecule has 2 saturated heterocycles. The van der Waals surface area contributed by atoms with Crippen molar-refractivity contribution in [1.82, 2.24) is 9.88 Å². The van der Waals surface area contributed by atoms with Gasteiger partial charge in [-0.15, -0.1) is 11.3 Å². The van der Waals surface area contributed by atoms with E-state index >= 15 is 0 Å². The molecule has 0 N–H and O–H groups in total. The quantitative estimate of drug-likeness (QED) is 0.788. The third-order valence-electron chi connectivity index (χ3n) is 5.36. The number of carbonyl (C=O) groups is 2. The van der Waals surface area contributed by atoms with E-state index < -0.39 is 0 Å². The molecule has 2 aromatic rings. The Kier molecular flexibility index (Phi) is 5.47. The van der Waals surface area contributed by atoms with E-state index in [2.05, 4.69) is 9.88 Å². The van der Waals surface area contributed by atoms with E-state index in [0.29, 0.717) is 13.1 Å². The van der Waals surface area contributed by atoms with Gasteiger partial charge < -0.3 is 19.4 Å². The van der Waals surface area contributed by atoms with Gasteiger partial charge in [-0.25, -0.2) is 4.98 Å². The van der Waals surface area contributed by atoms with Crippen LogP contribution in [0.3, 0.4) is 0 Å². The minimum absolute atomic E-state index is 0.00255. The average molecular weight is 401 g/mol. The monoisotopic (exact) mass is 400 g/mol.